The number of alkyl halides is 3. The number of quaternary nitrogens is 1. The van der Waals surface area contributed by atoms with Crippen LogP contribution in [0.3, 0.4) is 0 Å². The number of aliphatic hydroxyl groups excluding tert-OH is 1. The van der Waals surface area contributed by atoms with Crippen molar-refractivity contribution < 1.29 is 33.7 Å². The molecule has 2 aliphatic heterocycles. The Kier molecular flexibility index (Phi) is 4.37. The van der Waals surface area contributed by atoms with Crippen LogP contribution >= 0.6 is 0 Å². The second-order valence-corrected chi connectivity index (χ2v) is 6.08. The highest BCUT2D eigenvalue weighted by atomic mass is 19.4. The van der Waals surface area contributed by atoms with E-state index >= 15 is 0 Å². The van der Waals surface area contributed by atoms with E-state index < -0.39 is 17.6 Å². The second-order valence-electron chi connectivity index (χ2n) is 6.08. The Morgan fingerprint density at radius 3 is 2.30 bits per heavy atom. The zero-order valence-corrected chi connectivity index (χ0v) is 14.0. The molecule has 2 heterocycles. The predicted octanol–water partition coefficient (Wildman–Crippen LogP) is 3.53. The fraction of sp³-hybridized carbons (Fsp3) is 0.111. The number of rotatable bonds is 1. The summed E-state index contributed by atoms with van der Waals surface area (Å²) in [6, 6.07) is 9.06. The molecule has 0 spiro atoms. The van der Waals surface area contributed by atoms with Crippen molar-refractivity contribution in [2.24, 2.45) is 0 Å². The average Bonchev–Trinajstić information content (AvgIpc) is 2.92. The topological polar surface area (TPSA) is 73.3 Å². The second kappa shape index (κ2) is 6.29. The van der Waals surface area contributed by atoms with Crippen LogP contribution in [0, 0.1) is 5.82 Å². The first-order valence-corrected chi connectivity index (χ1v) is 7.78. The Morgan fingerprint density at radius 2 is 1.67 bits per heavy atom. The minimum atomic E-state index is -4.44. The van der Waals surface area contributed by atoms with E-state index in [0.29, 0.717) is 22.5 Å². The highest BCUT2D eigenvalue weighted by Crippen LogP contribution is 2.38. The summed E-state index contributed by atoms with van der Waals surface area (Å²) in [5.41, 5.74) is 3.07. The molecule has 142 valence electrons. The Balaban J connectivity index is 0.00000210. The quantitative estimate of drug-likeness (QED) is 0.586. The summed E-state index contributed by atoms with van der Waals surface area (Å²) in [5, 5.41) is 13.4. The number of aliphatic hydroxyl groups is 1. The molecule has 2 aromatic carbocycles. The smallest absolute Gasteiger partial charge is 0.416 e. The number of hydrogen-bond donors (Lipinski definition) is 2. The highest BCUT2D eigenvalue weighted by molar-refractivity contribution is 5.79. The van der Waals surface area contributed by atoms with E-state index in [4.69, 9.17) is 0 Å². The van der Waals surface area contributed by atoms with Crippen LogP contribution in [-0.2, 0) is 6.18 Å². The largest absolute Gasteiger partial charge is 0.870 e. The molecule has 0 atom stereocenters. The molecule has 0 fully saturated rings. The number of nitrogens with two attached hydrogens (primary N) is 1. The molecule has 5 nitrogen and oxygen atoms in total. The molecule has 4 rings (SSSR count). The third-order valence-electron chi connectivity index (χ3n) is 4.39. The minimum absolute atomic E-state index is 0. The van der Waals surface area contributed by atoms with Gasteiger partial charge < -0.3 is 10.6 Å². The van der Waals surface area contributed by atoms with Gasteiger partial charge in [0.15, 0.2) is 11.5 Å². The number of benzene rings is 2. The zero-order chi connectivity index (χ0) is 18.6. The van der Waals surface area contributed by atoms with Crippen molar-refractivity contribution >= 4 is 17.5 Å². The molecule has 4 N–H and O–H groups in total. The summed E-state index contributed by atoms with van der Waals surface area (Å²) in [4.78, 5) is 0. The summed E-state index contributed by atoms with van der Waals surface area (Å²) in [6.45, 7) is 1.77. The molecule has 0 bridgehead atoms. The van der Waals surface area contributed by atoms with Crippen molar-refractivity contribution in [1.29, 1.82) is 0 Å². The lowest BCUT2D eigenvalue weighted by atomic mass is 10.0. The molecule has 2 aromatic rings. The molecule has 27 heavy (non-hydrogen) atoms. The van der Waals surface area contributed by atoms with Crippen LogP contribution in [0.1, 0.15) is 18.1 Å². The van der Waals surface area contributed by atoms with Gasteiger partial charge in [-0.3, -0.25) is 0 Å². The van der Waals surface area contributed by atoms with Crippen LogP contribution in [0.25, 0.3) is 6.08 Å². The van der Waals surface area contributed by atoms with E-state index in [9.17, 15) is 22.7 Å². The summed E-state index contributed by atoms with van der Waals surface area (Å²) < 4.78 is 52.6. The Bertz CT molecular complexity index is 952. The summed E-state index contributed by atoms with van der Waals surface area (Å²) >= 11 is 0. The molecule has 0 saturated carbocycles. The lowest BCUT2D eigenvalue weighted by Gasteiger charge is -2.24. The van der Waals surface area contributed by atoms with E-state index in [1.165, 1.54) is 33.8 Å². The maximum Gasteiger partial charge on any atom is 0.416 e. The molecular formula is C18H15F4N3O2. The van der Waals surface area contributed by atoms with E-state index in [2.05, 4.69) is 0 Å². The number of para-hydroxylation sites is 1. The summed E-state index contributed by atoms with van der Waals surface area (Å²) in [7, 11) is 0. The van der Waals surface area contributed by atoms with Gasteiger partial charge in [0.05, 0.1) is 5.56 Å². The molecule has 2 aliphatic rings. The minimum Gasteiger partial charge on any atom is -0.870 e. The first kappa shape index (κ1) is 18.7. The van der Waals surface area contributed by atoms with Gasteiger partial charge >= 0.3 is 6.18 Å². The van der Waals surface area contributed by atoms with Crippen LogP contribution in [0.4, 0.5) is 28.9 Å². The first-order chi connectivity index (χ1) is 12.3. The Morgan fingerprint density at radius 1 is 1.00 bits per heavy atom. The van der Waals surface area contributed by atoms with Crippen molar-refractivity contribution in [2.75, 3.05) is 10.0 Å². The number of nitrogens with zero attached hydrogens (tertiary/aromatic N) is 2. The highest BCUT2D eigenvalue weighted by Gasteiger charge is 2.41. The van der Waals surface area contributed by atoms with Gasteiger partial charge in [0.25, 0.3) is 5.88 Å². The third-order valence-corrected chi connectivity index (χ3v) is 4.39. The number of fused-ring (bicyclic) bond motifs is 3. The predicted molar refractivity (Wildman–Crippen MR) is 90.0 cm³/mol. The van der Waals surface area contributed by atoms with Gasteiger partial charge in [0.1, 0.15) is 11.4 Å². The van der Waals surface area contributed by atoms with E-state index in [0.717, 1.165) is 12.1 Å². The standard InChI is InChI=1S/C18H13F4N3O.H2O/c1-10-9-11-3-2-4-14(19)16(11)25-15(10)17(26)24(23-25)13-7-5-12(6-8-13)18(20,21)22;/h2-9,23,26H,1H3;1H2. The summed E-state index contributed by atoms with van der Waals surface area (Å²) in [6.07, 6.45) is -2.68. The SMILES string of the molecule is CC1=Cc2cccc(F)c2N2[NH2+]N(c3ccc(C(F)(F)F)cc3)C(O)=C12.[OH-]. The third kappa shape index (κ3) is 2.90. The van der Waals surface area contributed by atoms with Crippen LogP contribution < -0.4 is 15.6 Å². The van der Waals surface area contributed by atoms with Crippen LogP contribution in [0.5, 0.6) is 0 Å². The Hall–Kier alpha value is -3.04. The zero-order valence-electron chi connectivity index (χ0n) is 14.0. The van der Waals surface area contributed by atoms with E-state index in [1.807, 2.05) is 0 Å². The monoisotopic (exact) mass is 381 g/mol. The van der Waals surface area contributed by atoms with E-state index in [1.54, 1.807) is 25.1 Å². The molecule has 0 amide bonds. The fourth-order valence-corrected chi connectivity index (χ4v) is 3.19. The average molecular weight is 381 g/mol. The first-order valence-electron chi connectivity index (χ1n) is 7.78. The van der Waals surface area contributed by atoms with Gasteiger partial charge in [-0.2, -0.15) is 18.2 Å². The lowest BCUT2D eigenvalue weighted by Crippen LogP contribution is -2.99. The maximum atomic E-state index is 14.3. The van der Waals surface area contributed by atoms with Crippen molar-refractivity contribution in [3.8, 4) is 0 Å². The van der Waals surface area contributed by atoms with Gasteiger partial charge in [0, 0.05) is 5.56 Å². The van der Waals surface area contributed by atoms with E-state index in [-0.39, 0.29) is 17.0 Å². The van der Waals surface area contributed by atoms with Crippen LogP contribution in [-0.4, -0.2) is 10.6 Å². The summed E-state index contributed by atoms with van der Waals surface area (Å²) in [5.74, 6) is -0.630. The lowest BCUT2D eigenvalue weighted by molar-refractivity contribution is -0.661. The number of allylic oxidation sites excluding steroid dienone is 1. The van der Waals surface area contributed by atoms with Gasteiger partial charge in [0.2, 0.25) is 0 Å². The number of halogens is 4. The van der Waals surface area contributed by atoms with Crippen LogP contribution in [0.2, 0.25) is 0 Å². The molecule has 0 aliphatic carbocycles. The molecular weight excluding hydrogens is 366 g/mol. The normalized spacial score (nSPS) is 16.0. The van der Waals surface area contributed by atoms with Gasteiger partial charge in [-0.25, -0.2) is 4.39 Å². The molecule has 0 aromatic heterocycles. The molecule has 9 heteroatoms. The molecule has 0 saturated heterocycles. The van der Waals surface area contributed by atoms with Crippen molar-refractivity contribution in [3.05, 3.63) is 76.6 Å². The van der Waals surface area contributed by atoms with Gasteiger partial charge in [-0.15, -0.1) is 10.5 Å². The molecule has 0 radical (unpaired) electrons. The van der Waals surface area contributed by atoms with Gasteiger partial charge in [-0.05, 0) is 48.9 Å². The maximum absolute atomic E-state index is 14.3. The van der Waals surface area contributed by atoms with Crippen molar-refractivity contribution in [2.45, 2.75) is 13.1 Å². The molecule has 0 unspecified atom stereocenters. The van der Waals surface area contributed by atoms with Crippen molar-refractivity contribution in [3.63, 3.8) is 0 Å². The van der Waals surface area contributed by atoms with Crippen LogP contribution in [0.15, 0.2) is 59.6 Å². The van der Waals surface area contributed by atoms with Crippen molar-refractivity contribution in [1.82, 2.24) is 0 Å². The number of anilines is 2. The number of hydrogen-bond acceptors (Lipinski definition) is 4. The fourth-order valence-electron chi connectivity index (χ4n) is 3.19. The Labute approximate surface area is 151 Å². The van der Waals surface area contributed by atoms with Gasteiger partial charge in [-0.1, -0.05) is 12.1 Å².